The van der Waals surface area contributed by atoms with E-state index >= 15 is 0 Å². The highest BCUT2D eigenvalue weighted by molar-refractivity contribution is 7.75. The molecule has 0 saturated heterocycles. The molecule has 0 bridgehead atoms. The molecule has 0 rings (SSSR count). The standard InChI is InChI=1S/C16H36P.C2H5NO/c1-5-9-13-17(14-10-6-2,15-11-7-3)16-12-8-4;1-2(3)4/h5-16H2,1-4H3;1H3,(H2,3,4)/q+1;. The zero-order chi connectivity index (χ0) is 16.6. The molecule has 0 atom stereocenters. The zero-order valence-electron chi connectivity index (χ0n) is 15.4. The molecule has 0 saturated carbocycles. The Morgan fingerprint density at radius 2 is 0.905 bits per heavy atom. The third kappa shape index (κ3) is 16.1. The van der Waals surface area contributed by atoms with E-state index in [1.54, 1.807) is 24.6 Å². The number of nitrogens with two attached hydrogens (primary N) is 1. The Bertz CT molecular complexity index is 190. The molecule has 0 spiro atoms. The van der Waals surface area contributed by atoms with Crippen LogP contribution in [0.5, 0.6) is 0 Å². The van der Waals surface area contributed by atoms with Crippen molar-refractivity contribution in [2.24, 2.45) is 5.73 Å². The third-order valence-electron chi connectivity index (χ3n) is 3.94. The van der Waals surface area contributed by atoms with Crippen LogP contribution in [-0.2, 0) is 4.79 Å². The van der Waals surface area contributed by atoms with Gasteiger partial charge in [-0.25, -0.2) is 0 Å². The highest BCUT2D eigenvalue weighted by Gasteiger charge is 2.34. The molecule has 2 N–H and O–H groups in total. The molecule has 3 heteroatoms. The van der Waals surface area contributed by atoms with Crippen molar-refractivity contribution >= 4 is 13.2 Å². The average molecular weight is 319 g/mol. The number of carbonyl (C=O) groups excluding carboxylic acids is 1. The number of hydrogen-bond donors (Lipinski definition) is 1. The highest BCUT2D eigenvalue weighted by Crippen LogP contribution is 2.61. The Morgan fingerprint density at radius 1 is 0.714 bits per heavy atom. The quantitative estimate of drug-likeness (QED) is 0.461. The molecule has 0 aromatic carbocycles. The summed E-state index contributed by atoms with van der Waals surface area (Å²) in [6.45, 7) is 10.7. The Kier molecular flexibility index (Phi) is 18.0. The van der Waals surface area contributed by atoms with E-state index in [2.05, 4.69) is 33.4 Å². The van der Waals surface area contributed by atoms with E-state index in [9.17, 15) is 4.79 Å². The van der Waals surface area contributed by atoms with Gasteiger partial charge in [0.15, 0.2) is 0 Å². The molecule has 0 fully saturated rings. The van der Waals surface area contributed by atoms with Crippen LogP contribution in [-0.4, -0.2) is 30.6 Å². The minimum atomic E-state index is -0.562. The molecule has 0 aromatic heterocycles. The summed E-state index contributed by atoms with van der Waals surface area (Å²) in [6, 6.07) is 0. The summed E-state index contributed by atoms with van der Waals surface area (Å²) in [5, 5.41) is 0. The van der Waals surface area contributed by atoms with Gasteiger partial charge in [-0.3, -0.25) is 4.79 Å². The lowest BCUT2D eigenvalue weighted by Gasteiger charge is -2.28. The number of rotatable bonds is 12. The smallest absolute Gasteiger partial charge is 0.214 e. The first-order chi connectivity index (χ1) is 9.97. The molecule has 21 heavy (non-hydrogen) atoms. The fraction of sp³-hybridized carbons (Fsp3) is 0.944. The van der Waals surface area contributed by atoms with Crippen LogP contribution in [0.15, 0.2) is 0 Å². The molecule has 0 heterocycles. The molecular weight excluding hydrogens is 277 g/mol. The normalized spacial score (nSPS) is 10.9. The Labute approximate surface area is 135 Å². The van der Waals surface area contributed by atoms with Gasteiger partial charge in [0.2, 0.25) is 5.91 Å². The fourth-order valence-corrected chi connectivity index (χ4v) is 7.93. The maximum atomic E-state index is 9.22. The summed E-state index contributed by atoms with van der Waals surface area (Å²) in [4.78, 5) is 9.22. The van der Waals surface area contributed by atoms with E-state index in [1.165, 1.54) is 58.3 Å². The second kappa shape index (κ2) is 16.3. The first kappa shape index (κ1) is 23.2. The maximum Gasteiger partial charge on any atom is 0.214 e. The summed E-state index contributed by atoms with van der Waals surface area (Å²) < 4.78 is 0. The van der Waals surface area contributed by atoms with Crippen LogP contribution in [0.2, 0.25) is 0 Å². The van der Waals surface area contributed by atoms with Crippen LogP contribution in [0.25, 0.3) is 0 Å². The minimum absolute atomic E-state index is 0.333. The SMILES string of the molecule is CC(N)=O.CCCC[P+](CCCC)(CCCC)CCCC. The van der Waals surface area contributed by atoms with Crippen molar-refractivity contribution < 1.29 is 4.79 Å². The van der Waals surface area contributed by atoms with Crippen molar-refractivity contribution in [1.29, 1.82) is 0 Å². The first-order valence-electron chi connectivity index (χ1n) is 9.09. The monoisotopic (exact) mass is 318 g/mol. The molecule has 0 aliphatic carbocycles. The summed E-state index contributed by atoms with van der Waals surface area (Å²) in [5.41, 5.74) is 4.47. The first-order valence-corrected chi connectivity index (χ1v) is 11.6. The predicted octanol–water partition coefficient (Wildman–Crippen LogP) is 5.70. The molecular formula is C18H41NOP+. The largest absolute Gasteiger partial charge is 0.370 e. The molecule has 0 radical (unpaired) electrons. The van der Waals surface area contributed by atoms with Gasteiger partial charge in [-0.05, 0) is 25.7 Å². The van der Waals surface area contributed by atoms with Crippen LogP contribution in [0.3, 0.4) is 0 Å². The maximum absolute atomic E-state index is 9.22. The molecule has 1 amide bonds. The average Bonchev–Trinajstić information content (AvgIpc) is 2.45. The van der Waals surface area contributed by atoms with Crippen LogP contribution in [0.1, 0.15) is 86.0 Å². The van der Waals surface area contributed by atoms with Gasteiger partial charge in [-0.15, -0.1) is 0 Å². The summed E-state index contributed by atoms with van der Waals surface area (Å²) >= 11 is 0. The van der Waals surface area contributed by atoms with E-state index in [4.69, 9.17) is 0 Å². The minimum Gasteiger partial charge on any atom is -0.370 e. The van der Waals surface area contributed by atoms with Crippen molar-refractivity contribution in [3.05, 3.63) is 0 Å². The van der Waals surface area contributed by atoms with Crippen LogP contribution < -0.4 is 5.73 Å². The van der Waals surface area contributed by atoms with E-state index in [0.717, 1.165) is 0 Å². The van der Waals surface area contributed by atoms with Gasteiger partial charge in [0.25, 0.3) is 0 Å². The van der Waals surface area contributed by atoms with Crippen molar-refractivity contribution in [2.45, 2.75) is 86.0 Å². The van der Waals surface area contributed by atoms with Crippen LogP contribution >= 0.6 is 7.26 Å². The van der Waals surface area contributed by atoms with Crippen molar-refractivity contribution in [3.8, 4) is 0 Å². The van der Waals surface area contributed by atoms with Gasteiger partial charge in [0, 0.05) is 14.2 Å². The topological polar surface area (TPSA) is 43.1 Å². The molecule has 128 valence electrons. The van der Waals surface area contributed by atoms with Crippen molar-refractivity contribution in [1.82, 2.24) is 0 Å². The summed E-state index contributed by atoms with van der Waals surface area (Å²) in [7, 11) is -0.562. The van der Waals surface area contributed by atoms with E-state index < -0.39 is 7.26 Å². The second-order valence-corrected chi connectivity index (χ2v) is 10.7. The van der Waals surface area contributed by atoms with E-state index in [1.807, 2.05) is 0 Å². The fourth-order valence-electron chi connectivity index (χ4n) is 2.64. The van der Waals surface area contributed by atoms with E-state index in [-0.39, 0.29) is 5.91 Å². The molecule has 0 aliphatic heterocycles. The second-order valence-electron chi connectivity index (χ2n) is 6.26. The molecule has 0 aliphatic rings. The Balaban J connectivity index is 0. The van der Waals surface area contributed by atoms with Crippen LogP contribution in [0, 0.1) is 0 Å². The Hall–Kier alpha value is -0.100. The predicted molar refractivity (Wildman–Crippen MR) is 101 cm³/mol. The molecule has 0 unspecified atom stereocenters. The molecule has 0 aromatic rings. The number of amides is 1. The zero-order valence-corrected chi connectivity index (χ0v) is 16.3. The number of unbranched alkanes of at least 4 members (excludes halogenated alkanes) is 4. The number of hydrogen-bond acceptors (Lipinski definition) is 1. The summed E-state index contributed by atoms with van der Waals surface area (Å²) in [6.07, 6.45) is 17.9. The van der Waals surface area contributed by atoms with Gasteiger partial charge >= 0.3 is 0 Å². The van der Waals surface area contributed by atoms with Gasteiger partial charge in [-0.2, -0.15) is 0 Å². The van der Waals surface area contributed by atoms with Crippen molar-refractivity contribution in [2.75, 3.05) is 24.6 Å². The van der Waals surface area contributed by atoms with E-state index in [0.29, 0.717) is 0 Å². The number of carbonyl (C=O) groups is 1. The van der Waals surface area contributed by atoms with Gasteiger partial charge in [0.05, 0.1) is 24.6 Å². The third-order valence-corrected chi connectivity index (χ3v) is 9.00. The lowest BCUT2D eigenvalue weighted by Crippen LogP contribution is -2.12. The van der Waals surface area contributed by atoms with Crippen LogP contribution in [0.4, 0.5) is 0 Å². The summed E-state index contributed by atoms with van der Waals surface area (Å²) in [5.74, 6) is -0.333. The molecule has 2 nitrogen and oxygen atoms in total. The van der Waals surface area contributed by atoms with Gasteiger partial charge in [-0.1, -0.05) is 53.4 Å². The lowest BCUT2D eigenvalue weighted by molar-refractivity contribution is -0.115. The van der Waals surface area contributed by atoms with Gasteiger partial charge < -0.3 is 5.73 Å². The van der Waals surface area contributed by atoms with Gasteiger partial charge in [0.1, 0.15) is 0 Å². The lowest BCUT2D eigenvalue weighted by atomic mass is 10.4. The number of primary amides is 1. The van der Waals surface area contributed by atoms with Crippen molar-refractivity contribution in [3.63, 3.8) is 0 Å². The Morgan fingerprint density at radius 3 is 1.05 bits per heavy atom. The highest BCUT2D eigenvalue weighted by atomic mass is 31.2.